The van der Waals surface area contributed by atoms with Gasteiger partial charge < -0.3 is 0 Å². The third-order valence-electron chi connectivity index (χ3n) is 3.16. The Bertz CT molecular complexity index is 574. The lowest BCUT2D eigenvalue weighted by Crippen LogP contribution is -1.82. The second kappa shape index (κ2) is 7.72. The summed E-state index contributed by atoms with van der Waals surface area (Å²) in [5.74, 6) is 0. The Morgan fingerprint density at radius 2 is 1.40 bits per heavy atom. The van der Waals surface area contributed by atoms with E-state index >= 15 is 0 Å². The van der Waals surface area contributed by atoms with Crippen molar-refractivity contribution >= 4 is 11.6 Å². The van der Waals surface area contributed by atoms with E-state index in [1.807, 2.05) is 31.2 Å². The maximum Gasteiger partial charge on any atom is 0.0406 e. The highest BCUT2D eigenvalue weighted by atomic mass is 35.5. The fourth-order valence-electron chi connectivity index (χ4n) is 2.01. The minimum absolute atomic E-state index is 0.775. The zero-order chi connectivity index (χ0) is 14.2. The lowest BCUT2D eigenvalue weighted by Gasteiger charge is -2.03. The predicted octanol–water partition coefficient (Wildman–Crippen LogP) is 6.07. The molecule has 102 valence electrons. The topological polar surface area (TPSA) is 0 Å². The molecule has 2 rings (SSSR count). The van der Waals surface area contributed by atoms with Gasteiger partial charge in [-0.2, -0.15) is 0 Å². The first kappa shape index (κ1) is 14.6. The molecular weight excluding hydrogens is 264 g/mol. The monoisotopic (exact) mass is 282 g/mol. The molecule has 1 heteroatoms. The molecule has 0 aliphatic carbocycles. The van der Waals surface area contributed by atoms with Gasteiger partial charge in [-0.15, -0.1) is 0 Å². The van der Waals surface area contributed by atoms with E-state index in [0.29, 0.717) is 0 Å². The van der Waals surface area contributed by atoms with Gasteiger partial charge in [0.25, 0.3) is 0 Å². The SMILES string of the molecule is C/C=C/C/C=C\Cc1ccc(-c2ccc(Cl)cc2)cc1. The van der Waals surface area contributed by atoms with Crippen LogP contribution in [0.5, 0.6) is 0 Å². The minimum Gasteiger partial charge on any atom is -0.0914 e. The van der Waals surface area contributed by atoms with Crippen molar-refractivity contribution in [2.75, 3.05) is 0 Å². The van der Waals surface area contributed by atoms with Crippen LogP contribution in [0.1, 0.15) is 18.9 Å². The molecule has 0 unspecified atom stereocenters. The Morgan fingerprint density at radius 1 is 0.800 bits per heavy atom. The van der Waals surface area contributed by atoms with Crippen molar-refractivity contribution in [3.05, 3.63) is 83.4 Å². The number of hydrogen-bond acceptors (Lipinski definition) is 0. The summed E-state index contributed by atoms with van der Waals surface area (Å²) < 4.78 is 0. The fourth-order valence-corrected chi connectivity index (χ4v) is 2.13. The summed E-state index contributed by atoms with van der Waals surface area (Å²) in [6.07, 6.45) is 10.6. The lowest BCUT2D eigenvalue weighted by molar-refractivity contribution is 1.24. The molecule has 2 aromatic rings. The summed E-state index contributed by atoms with van der Waals surface area (Å²) in [6.45, 7) is 2.04. The van der Waals surface area contributed by atoms with E-state index in [2.05, 4.69) is 48.6 Å². The highest BCUT2D eigenvalue weighted by molar-refractivity contribution is 6.30. The Kier molecular flexibility index (Phi) is 5.64. The van der Waals surface area contributed by atoms with Crippen LogP contribution in [0.3, 0.4) is 0 Å². The van der Waals surface area contributed by atoms with Crippen LogP contribution in [0, 0.1) is 0 Å². The van der Waals surface area contributed by atoms with Crippen LogP contribution in [0.15, 0.2) is 72.8 Å². The van der Waals surface area contributed by atoms with Crippen molar-refractivity contribution in [3.63, 3.8) is 0 Å². The molecule has 0 N–H and O–H groups in total. The van der Waals surface area contributed by atoms with Gasteiger partial charge in [-0.05, 0) is 48.6 Å². The number of rotatable bonds is 5. The van der Waals surface area contributed by atoms with Gasteiger partial charge in [-0.3, -0.25) is 0 Å². The van der Waals surface area contributed by atoms with Gasteiger partial charge >= 0.3 is 0 Å². The Hall–Kier alpha value is -1.79. The Labute approximate surface area is 126 Å². The second-order valence-electron chi connectivity index (χ2n) is 4.68. The molecule has 0 radical (unpaired) electrons. The average molecular weight is 283 g/mol. The fraction of sp³-hybridized carbons (Fsp3) is 0.158. The first-order chi connectivity index (χ1) is 9.79. The smallest absolute Gasteiger partial charge is 0.0406 e. The van der Waals surface area contributed by atoms with Gasteiger partial charge in [-0.25, -0.2) is 0 Å². The summed E-state index contributed by atoms with van der Waals surface area (Å²) >= 11 is 5.91. The molecule has 20 heavy (non-hydrogen) atoms. The van der Waals surface area contributed by atoms with Crippen LogP contribution >= 0.6 is 11.6 Å². The summed E-state index contributed by atoms with van der Waals surface area (Å²) in [4.78, 5) is 0. The van der Waals surface area contributed by atoms with E-state index < -0.39 is 0 Å². The summed E-state index contributed by atoms with van der Waals surface area (Å²) in [5.41, 5.74) is 3.76. The molecular formula is C19H19Cl. The van der Waals surface area contributed by atoms with Crippen LogP contribution < -0.4 is 0 Å². The quantitative estimate of drug-likeness (QED) is 0.584. The van der Waals surface area contributed by atoms with E-state index in [1.54, 1.807) is 0 Å². The molecule has 2 aromatic carbocycles. The van der Waals surface area contributed by atoms with Crippen molar-refractivity contribution in [2.24, 2.45) is 0 Å². The van der Waals surface area contributed by atoms with Gasteiger partial charge in [0, 0.05) is 5.02 Å². The number of halogens is 1. The zero-order valence-corrected chi connectivity index (χ0v) is 12.5. The van der Waals surface area contributed by atoms with E-state index in [4.69, 9.17) is 11.6 Å². The molecule has 0 aliphatic heterocycles. The van der Waals surface area contributed by atoms with Crippen molar-refractivity contribution in [3.8, 4) is 11.1 Å². The summed E-state index contributed by atoms with van der Waals surface area (Å²) in [6, 6.07) is 16.6. The van der Waals surface area contributed by atoms with E-state index in [0.717, 1.165) is 17.9 Å². The molecule has 0 saturated heterocycles. The first-order valence-electron chi connectivity index (χ1n) is 6.90. The summed E-state index contributed by atoms with van der Waals surface area (Å²) in [7, 11) is 0. The van der Waals surface area contributed by atoms with Crippen molar-refractivity contribution < 1.29 is 0 Å². The Morgan fingerprint density at radius 3 is 2.00 bits per heavy atom. The number of benzene rings is 2. The molecule has 0 atom stereocenters. The second-order valence-corrected chi connectivity index (χ2v) is 5.12. The molecule has 0 nitrogen and oxygen atoms in total. The van der Waals surface area contributed by atoms with Gasteiger partial charge in [0.2, 0.25) is 0 Å². The molecule has 0 amide bonds. The lowest BCUT2D eigenvalue weighted by atomic mass is 10.0. The zero-order valence-electron chi connectivity index (χ0n) is 11.7. The van der Waals surface area contributed by atoms with Crippen molar-refractivity contribution in [2.45, 2.75) is 19.8 Å². The Balaban J connectivity index is 1.99. The highest BCUT2D eigenvalue weighted by Crippen LogP contribution is 2.22. The maximum atomic E-state index is 5.91. The van der Waals surface area contributed by atoms with Crippen LogP contribution in [-0.4, -0.2) is 0 Å². The summed E-state index contributed by atoms with van der Waals surface area (Å²) in [5, 5.41) is 0.775. The molecule has 0 heterocycles. The van der Waals surface area contributed by atoms with Crippen LogP contribution in [0.4, 0.5) is 0 Å². The van der Waals surface area contributed by atoms with Crippen molar-refractivity contribution in [1.82, 2.24) is 0 Å². The van der Waals surface area contributed by atoms with Crippen molar-refractivity contribution in [1.29, 1.82) is 0 Å². The van der Waals surface area contributed by atoms with E-state index in [-0.39, 0.29) is 0 Å². The normalized spacial score (nSPS) is 11.5. The predicted molar refractivity (Wildman–Crippen MR) is 89.2 cm³/mol. The van der Waals surface area contributed by atoms with Gasteiger partial charge in [0.15, 0.2) is 0 Å². The van der Waals surface area contributed by atoms with E-state index in [9.17, 15) is 0 Å². The molecule has 0 fully saturated rings. The molecule has 0 bridgehead atoms. The number of allylic oxidation sites excluding steroid dienone is 4. The standard InChI is InChI=1S/C19H19Cl/c1-2-3-4-5-6-7-16-8-10-17(11-9-16)18-12-14-19(20)15-13-18/h2-3,5-6,8-15H,4,7H2,1H3/b3-2+,6-5-. The van der Waals surface area contributed by atoms with Crippen LogP contribution in [0.2, 0.25) is 5.02 Å². The molecule has 0 spiro atoms. The van der Waals surface area contributed by atoms with Crippen LogP contribution in [-0.2, 0) is 6.42 Å². The average Bonchev–Trinajstić information content (AvgIpc) is 2.49. The third kappa shape index (κ3) is 4.40. The van der Waals surface area contributed by atoms with E-state index in [1.165, 1.54) is 16.7 Å². The van der Waals surface area contributed by atoms with Crippen LogP contribution in [0.25, 0.3) is 11.1 Å². The maximum absolute atomic E-state index is 5.91. The van der Waals surface area contributed by atoms with Gasteiger partial charge in [0.05, 0.1) is 0 Å². The minimum atomic E-state index is 0.775. The molecule has 0 aromatic heterocycles. The molecule has 0 aliphatic rings. The molecule has 0 saturated carbocycles. The first-order valence-corrected chi connectivity index (χ1v) is 7.28. The largest absolute Gasteiger partial charge is 0.0914 e. The third-order valence-corrected chi connectivity index (χ3v) is 3.41. The van der Waals surface area contributed by atoms with Gasteiger partial charge in [0.1, 0.15) is 0 Å². The highest BCUT2D eigenvalue weighted by Gasteiger charge is 1.97. The number of hydrogen-bond donors (Lipinski definition) is 0. The van der Waals surface area contributed by atoms with Gasteiger partial charge in [-0.1, -0.05) is 72.3 Å².